The fourth-order valence-electron chi connectivity index (χ4n) is 8.11. The summed E-state index contributed by atoms with van der Waals surface area (Å²) in [5.74, 6) is 1.96. The maximum atomic E-state index is 12.9. The fraction of sp³-hybridized carbons (Fsp3) is 0.956. The number of rotatable bonds is 37. The van der Waals surface area contributed by atoms with Gasteiger partial charge in [0.1, 0.15) is 11.9 Å². The number of carbonyl (C=O) groups excluding carboxylic acids is 2. The molecule has 0 heterocycles. The molecule has 1 N–H and O–H groups in total. The van der Waals surface area contributed by atoms with Gasteiger partial charge in [0, 0.05) is 25.8 Å². The molecule has 0 bridgehead atoms. The first-order valence-corrected chi connectivity index (χ1v) is 22.6. The molecule has 1 rings (SSSR count). The van der Waals surface area contributed by atoms with Crippen molar-refractivity contribution < 1.29 is 19.4 Å². The van der Waals surface area contributed by atoms with Gasteiger partial charge >= 0.3 is 5.97 Å². The summed E-state index contributed by atoms with van der Waals surface area (Å²) in [6.07, 6.45) is 39.5. The van der Waals surface area contributed by atoms with E-state index in [1.807, 2.05) is 0 Å². The highest BCUT2D eigenvalue weighted by Crippen LogP contribution is 2.30. The van der Waals surface area contributed by atoms with E-state index in [4.69, 9.17) is 4.74 Å². The minimum atomic E-state index is -0.00510. The van der Waals surface area contributed by atoms with Crippen LogP contribution in [0.1, 0.15) is 233 Å². The van der Waals surface area contributed by atoms with Gasteiger partial charge in [-0.15, -0.1) is 0 Å². The van der Waals surface area contributed by atoms with Crippen molar-refractivity contribution in [2.45, 2.75) is 239 Å². The van der Waals surface area contributed by atoms with Crippen LogP contribution in [-0.2, 0) is 14.3 Å². The molecule has 0 saturated heterocycles. The van der Waals surface area contributed by atoms with E-state index < -0.39 is 0 Å². The third-order valence-corrected chi connectivity index (χ3v) is 11.5. The Morgan fingerprint density at radius 2 is 1.06 bits per heavy atom. The van der Waals surface area contributed by atoms with Crippen molar-refractivity contribution in [3.05, 3.63) is 0 Å². The summed E-state index contributed by atoms with van der Waals surface area (Å²) < 4.78 is 5.81. The summed E-state index contributed by atoms with van der Waals surface area (Å²) in [4.78, 5) is 27.7. The molecule has 0 unspecified atom stereocenters. The van der Waals surface area contributed by atoms with Gasteiger partial charge < -0.3 is 14.7 Å². The van der Waals surface area contributed by atoms with Crippen molar-refractivity contribution in [1.29, 1.82) is 0 Å². The van der Waals surface area contributed by atoms with E-state index in [0.29, 0.717) is 18.1 Å². The number of ether oxygens (including phenoxy) is 1. The van der Waals surface area contributed by atoms with Gasteiger partial charge in [-0.05, 0) is 76.3 Å². The molecule has 1 aliphatic rings. The summed E-state index contributed by atoms with van der Waals surface area (Å²) in [5.41, 5.74) is 0. The number of aliphatic hydroxyl groups is 1. The van der Waals surface area contributed by atoms with Gasteiger partial charge in [-0.1, -0.05) is 162 Å². The number of Topliss-reactive ketones (excluding diaryl/α,β-unsaturated/α-hetero) is 1. The Morgan fingerprint density at radius 1 is 0.580 bits per heavy atom. The molecule has 0 atom stereocenters. The van der Waals surface area contributed by atoms with Crippen LogP contribution in [0.2, 0.25) is 0 Å². The normalized spacial score (nSPS) is 16.4. The molecule has 0 aromatic carbocycles. The predicted molar refractivity (Wildman–Crippen MR) is 215 cm³/mol. The Balaban J connectivity index is 2.13. The summed E-state index contributed by atoms with van der Waals surface area (Å²) in [6, 6.07) is 0. The molecule has 0 aromatic heterocycles. The van der Waals surface area contributed by atoms with Crippen LogP contribution >= 0.6 is 0 Å². The molecule has 0 radical (unpaired) electrons. The molecule has 0 spiro atoms. The lowest BCUT2D eigenvalue weighted by Gasteiger charge is -2.28. The number of hydrogen-bond acceptors (Lipinski definition) is 5. The average Bonchev–Trinajstić information content (AvgIpc) is 3.11. The number of nitrogens with zero attached hydrogens (tertiary/aromatic N) is 1. The minimum absolute atomic E-state index is 0.00510. The van der Waals surface area contributed by atoms with Gasteiger partial charge in [0.25, 0.3) is 0 Å². The van der Waals surface area contributed by atoms with Gasteiger partial charge in [-0.2, -0.15) is 0 Å². The summed E-state index contributed by atoms with van der Waals surface area (Å²) in [5, 5.41) is 9.57. The average molecular weight is 706 g/mol. The van der Waals surface area contributed by atoms with Gasteiger partial charge in [-0.3, -0.25) is 9.59 Å². The predicted octanol–water partition coefficient (Wildman–Crippen LogP) is 12.9. The maximum absolute atomic E-state index is 12.9. The molecule has 0 aromatic rings. The zero-order valence-electron chi connectivity index (χ0n) is 34.0. The molecule has 50 heavy (non-hydrogen) atoms. The largest absolute Gasteiger partial charge is 0.462 e. The first-order chi connectivity index (χ1) is 24.5. The SMILES string of the molecule is CCCCCCCCC(CCCCCCCC)CC(=O)CCCCCCCN(CCO)CCCCCC(=O)OC1CCC(CCCCC)CC1. The van der Waals surface area contributed by atoms with E-state index in [9.17, 15) is 14.7 Å². The van der Waals surface area contributed by atoms with Gasteiger partial charge in [0.05, 0.1) is 6.61 Å². The lowest BCUT2D eigenvalue weighted by molar-refractivity contribution is -0.151. The summed E-state index contributed by atoms with van der Waals surface area (Å²) >= 11 is 0. The summed E-state index contributed by atoms with van der Waals surface area (Å²) in [6.45, 7) is 9.78. The fourth-order valence-corrected chi connectivity index (χ4v) is 8.11. The monoisotopic (exact) mass is 706 g/mol. The number of esters is 1. The van der Waals surface area contributed by atoms with E-state index in [0.717, 1.165) is 89.8 Å². The first-order valence-electron chi connectivity index (χ1n) is 22.6. The van der Waals surface area contributed by atoms with Crippen molar-refractivity contribution in [2.24, 2.45) is 11.8 Å². The highest BCUT2D eigenvalue weighted by Gasteiger charge is 2.23. The molecule has 1 aliphatic carbocycles. The smallest absolute Gasteiger partial charge is 0.306 e. The Kier molecular flexibility index (Phi) is 33.1. The minimum Gasteiger partial charge on any atom is -0.462 e. The zero-order chi connectivity index (χ0) is 36.3. The number of aliphatic hydroxyl groups excluding tert-OH is 1. The second-order valence-corrected chi connectivity index (χ2v) is 16.2. The van der Waals surface area contributed by atoms with Gasteiger partial charge in [-0.25, -0.2) is 0 Å². The summed E-state index contributed by atoms with van der Waals surface area (Å²) in [7, 11) is 0. The Labute approximate surface area is 312 Å². The van der Waals surface area contributed by atoms with Gasteiger partial charge in [0.2, 0.25) is 0 Å². The molecule has 0 aliphatic heterocycles. The van der Waals surface area contributed by atoms with E-state index in [1.165, 1.54) is 141 Å². The Hall–Kier alpha value is -0.940. The second-order valence-electron chi connectivity index (χ2n) is 16.2. The lowest BCUT2D eigenvalue weighted by Crippen LogP contribution is -2.29. The van der Waals surface area contributed by atoms with Crippen LogP contribution in [0.4, 0.5) is 0 Å². The van der Waals surface area contributed by atoms with Crippen LogP contribution < -0.4 is 0 Å². The first kappa shape index (κ1) is 47.1. The molecule has 0 amide bonds. The van der Waals surface area contributed by atoms with E-state index in [2.05, 4.69) is 25.7 Å². The molecular weight excluding hydrogens is 618 g/mol. The number of carbonyl (C=O) groups is 2. The number of hydrogen-bond donors (Lipinski definition) is 1. The highest BCUT2D eigenvalue weighted by atomic mass is 16.5. The number of ketones is 1. The highest BCUT2D eigenvalue weighted by molar-refractivity contribution is 5.78. The molecule has 5 nitrogen and oxygen atoms in total. The van der Waals surface area contributed by atoms with Crippen LogP contribution in [0.25, 0.3) is 0 Å². The van der Waals surface area contributed by atoms with Crippen LogP contribution in [0.3, 0.4) is 0 Å². The van der Waals surface area contributed by atoms with E-state index in [1.54, 1.807) is 0 Å². The zero-order valence-corrected chi connectivity index (χ0v) is 34.0. The molecule has 1 saturated carbocycles. The van der Waals surface area contributed by atoms with E-state index in [-0.39, 0.29) is 18.7 Å². The van der Waals surface area contributed by atoms with Crippen LogP contribution in [0.15, 0.2) is 0 Å². The van der Waals surface area contributed by atoms with Crippen molar-refractivity contribution in [3.63, 3.8) is 0 Å². The molecule has 5 heteroatoms. The van der Waals surface area contributed by atoms with Crippen molar-refractivity contribution in [2.75, 3.05) is 26.2 Å². The molecule has 1 fully saturated rings. The topological polar surface area (TPSA) is 66.8 Å². The number of unbranched alkanes of at least 4 members (excludes halogenated alkanes) is 18. The van der Waals surface area contributed by atoms with Crippen molar-refractivity contribution in [1.82, 2.24) is 4.90 Å². The third-order valence-electron chi connectivity index (χ3n) is 11.5. The standard InChI is InChI=1S/C45H87NO4/c1-4-7-10-12-15-21-28-42(29-22-16-13-11-8-5-2)40-43(48)30-23-17-14-18-25-36-46(38-39-47)37-26-19-24-31-45(49)50-44-34-32-41(33-35-44)27-20-9-6-3/h41-42,44,47H,4-40H2,1-3H3. The Morgan fingerprint density at radius 3 is 1.64 bits per heavy atom. The molecule has 296 valence electrons. The van der Waals surface area contributed by atoms with Crippen molar-refractivity contribution in [3.8, 4) is 0 Å². The second kappa shape index (κ2) is 35.1. The van der Waals surface area contributed by atoms with E-state index >= 15 is 0 Å². The Bertz CT molecular complexity index is 733. The lowest BCUT2D eigenvalue weighted by atomic mass is 9.84. The van der Waals surface area contributed by atoms with Crippen LogP contribution in [0, 0.1) is 11.8 Å². The third kappa shape index (κ3) is 28.6. The maximum Gasteiger partial charge on any atom is 0.306 e. The van der Waals surface area contributed by atoms with Gasteiger partial charge in [0.15, 0.2) is 0 Å². The van der Waals surface area contributed by atoms with Crippen molar-refractivity contribution >= 4 is 11.8 Å². The van der Waals surface area contributed by atoms with Crippen LogP contribution in [0.5, 0.6) is 0 Å². The van der Waals surface area contributed by atoms with Crippen LogP contribution in [-0.4, -0.2) is 54.1 Å². The molecular formula is C45H87NO4. The quantitative estimate of drug-likeness (QED) is 0.0515.